The quantitative estimate of drug-likeness (QED) is 0.879. The number of nitrogens with zero attached hydrogens (tertiary/aromatic N) is 2. The van der Waals surface area contributed by atoms with Crippen molar-refractivity contribution in [1.29, 1.82) is 0 Å². The molecule has 21 heavy (non-hydrogen) atoms. The van der Waals surface area contributed by atoms with Gasteiger partial charge in [-0.3, -0.25) is 0 Å². The summed E-state index contributed by atoms with van der Waals surface area (Å²) in [6, 6.07) is 3.28. The van der Waals surface area contributed by atoms with Gasteiger partial charge >= 0.3 is 0 Å². The number of halogens is 1. The first-order valence-corrected chi connectivity index (χ1v) is 7.03. The number of hydrogen-bond donors (Lipinski definition) is 1. The van der Waals surface area contributed by atoms with Crippen LogP contribution in [0.15, 0.2) is 12.1 Å². The summed E-state index contributed by atoms with van der Waals surface area (Å²) in [5.41, 5.74) is 0.550. The van der Waals surface area contributed by atoms with Gasteiger partial charge < -0.3 is 14.8 Å². The van der Waals surface area contributed by atoms with E-state index in [0.717, 1.165) is 25.9 Å². The van der Waals surface area contributed by atoms with Gasteiger partial charge in [0.05, 0.1) is 25.1 Å². The van der Waals surface area contributed by atoms with Gasteiger partial charge in [-0.15, -0.1) is 0 Å². The fraction of sp³-hybridized carbons (Fsp3) is 0.467. The van der Waals surface area contributed by atoms with Crippen molar-refractivity contribution in [3.05, 3.63) is 23.9 Å². The van der Waals surface area contributed by atoms with E-state index in [1.807, 2.05) is 0 Å². The first-order chi connectivity index (χ1) is 10.2. The van der Waals surface area contributed by atoms with E-state index < -0.39 is 5.95 Å². The van der Waals surface area contributed by atoms with Crippen LogP contribution >= 0.6 is 0 Å². The molecule has 5 nitrogen and oxygen atoms in total. The van der Waals surface area contributed by atoms with Crippen molar-refractivity contribution < 1.29 is 13.9 Å². The van der Waals surface area contributed by atoms with Crippen molar-refractivity contribution >= 4 is 10.9 Å². The highest BCUT2D eigenvalue weighted by atomic mass is 19.1. The largest absolute Gasteiger partial charge is 0.493 e. The molecule has 0 amide bonds. The summed E-state index contributed by atoms with van der Waals surface area (Å²) in [6.07, 6.45) is 1.86. The standard InChI is InChI=1S/C15H18FN3O2/c1-20-12-7-10-11(8-13(12)21-2)18-15(19-14(10)16)9-3-5-17-6-4-9/h7-9,17H,3-6H2,1-2H3. The third kappa shape index (κ3) is 2.63. The molecule has 1 N–H and O–H groups in total. The summed E-state index contributed by atoms with van der Waals surface area (Å²) in [5, 5.41) is 3.64. The maximum atomic E-state index is 14.3. The molecular weight excluding hydrogens is 273 g/mol. The number of ether oxygens (including phenoxy) is 2. The third-order valence-corrected chi connectivity index (χ3v) is 3.88. The molecule has 2 aromatic rings. The summed E-state index contributed by atoms with van der Waals surface area (Å²) in [6.45, 7) is 1.83. The van der Waals surface area contributed by atoms with Gasteiger partial charge in [0.1, 0.15) is 5.82 Å². The van der Waals surface area contributed by atoms with Crippen LogP contribution in [0.2, 0.25) is 0 Å². The Labute approximate surface area is 122 Å². The Morgan fingerprint density at radius 3 is 2.43 bits per heavy atom. The highest BCUT2D eigenvalue weighted by Gasteiger charge is 2.21. The summed E-state index contributed by atoms with van der Waals surface area (Å²) >= 11 is 0. The zero-order valence-corrected chi connectivity index (χ0v) is 12.1. The minimum Gasteiger partial charge on any atom is -0.493 e. The van der Waals surface area contributed by atoms with E-state index in [4.69, 9.17) is 9.47 Å². The molecule has 3 rings (SSSR count). The van der Waals surface area contributed by atoms with Crippen LogP contribution in [0.1, 0.15) is 24.6 Å². The van der Waals surface area contributed by atoms with Gasteiger partial charge in [-0.25, -0.2) is 9.97 Å². The molecule has 0 bridgehead atoms. The predicted octanol–water partition coefficient (Wildman–Crippen LogP) is 2.25. The number of aromatic nitrogens is 2. The van der Waals surface area contributed by atoms with Gasteiger partial charge in [0.2, 0.25) is 5.95 Å². The molecule has 0 spiro atoms. The average molecular weight is 291 g/mol. The van der Waals surface area contributed by atoms with Crippen LogP contribution in [-0.4, -0.2) is 37.3 Å². The van der Waals surface area contributed by atoms with Gasteiger partial charge in [-0.2, -0.15) is 4.39 Å². The number of benzene rings is 1. The van der Waals surface area contributed by atoms with Crippen LogP contribution in [0.5, 0.6) is 11.5 Å². The second-order valence-electron chi connectivity index (χ2n) is 5.12. The summed E-state index contributed by atoms with van der Waals surface area (Å²) < 4.78 is 24.7. The Kier molecular flexibility index (Phi) is 3.88. The molecule has 112 valence electrons. The van der Waals surface area contributed by atoms with E-state index in [1.54, 1.807) is 19.2 Å². The van der Waals surface area contributed by atoms with Crippen molar-refractivity contribution in [3.63, 3.8) is 0 Å². The van der Waals surface area contributed by atoms with Crippen molar-refractivity contribution in [2.75, 3.05) is 27.3 Å². The van der Waals surface area contributed by atoms with Crippen LogP contribution in [0.4, 0.5) is 4.39 Å². The Hall–Kier alpha value is -1.95. The lowest BCUT2D eigenvalue weighted by Crippen LogP contribution is -2.27. The van der Waals surface area contributed by atoms with Crippen molar-refractivity contribution in [3.8, 4) is 11.5 Å². The zero-order valence-electron chi connectivity index (χ0n) is 12.1. The molecule has 1 aliphatic rings. The predicted molar refractivity (Wildman–Crippen MR) is 77.4 cm³/mol. The smallest absolute Gasteiger partial charge is 0.224 e. The topological polar surface area (TPSA) is 56.3 Å². The van der Waals surface area contributed by atoms with E-state index in [2.05, 4.69) is 15.3 Å². The Balaban J connectivity index is 2.09. The molecule has 2 heterocycles. The first kappa shape index (κ1) is 14.0. The SMILES string of the molecule is COc1cc2nc(C3CCNCC3)nc(F)c2cc1OC. The van der Waals surface area contributed by atoms with Crippen molar-refractivity contribution in [2.24, 2.45) is 0 Å². The Morgan fingerprint density at radius 1 is 1.10 bits per heavy atom. The average Bonchev–Trinajstić information content (AvgIpc) is 2.54. The Bertz CT molecular complexity index is 657. The fourth-order valence-corrected chi connectivity index (χ4v) is 2.70. The van der Waals surface area contributed by atoms with Gasteiger partial charge in [0, 0.05) is 12.0 Å². The lowest BCUT2D eigenvalue weighted by atomic mass is 9.97. The lowest BCUT2D eigenvalue weighted by molar-refractivity contribution is 0.355. The Morgan fingerprint density at radius 2 is 1.76 bits per heavy atom. The van der Waals surface area contributed by atoms with Crippen molar-refractivity contribution in [1.82, 2.24) is 15.3 Å². The summed E-state index contributed by atoms with van der Waals surface area (Å²) in [7, 11) is 3.07. The monoisotopic (exact) mass is 291 g/mol. The third-order valence-electron chi connectivity index (χ3n) is 3.88. The zero-order chi connectivity index (χ0) is 14.8. The first-order valence-electron chi connectivity index (χ1n) is 7.03. The minimum atomic E-state index is -0.505. The molecular formula is C15H18FN3O2. The van der Waals surface area contributed by atoms with E-state index in [9.17, 15) is 4.39 Å². The fourth-order valence-electron chi connectivity index (χ4n) is 2.70. The number of methoxy groups -OCH3 is 2. The maximum absolute atomic E-state index is 14.3. The minimum absolute atomic E-state index is 0.207. The summed E-state index contributed by atoms with van der Waals surface area (Å²) in [4.78, 5) is 8.58. The second kappa shape index (κ2) is 5.81. The maximum Gasteiger partial charge on any atom is 0.224 e. The summed E-state index contributed by atoms with van der Waals surface area (Å²) in [5.74, 6) is 1.29. The highest BCUT2D eigenvalue weighted by molar-refractivity contribution is 5.82. The molecule has 0 aliphatic carbocycles. The van der Waals surface area contributed by atoms with Gasteiger partial charge in [-0.1, -0.05) is 0 Å². The number of piperidine rings is 1. The molecule has 1 fully saturated rings. The molecule has 1 saturated heterocycles. The molecule has 1 aliphatic heterocycles. The normalized spacial score (nSPS) is 16.1. The van der Waals surface area contributed by atoms with Crippen LogP contribution in [0, 0.1) is 5.95 Å². The molecule has 6 heteroatoms. The van der Waals surface area contributed by atoms with Crippen LogP contribution in [0.25, 0.3) is 10.9 Å². The van der Waals surface area contributed by atoms with Crippen LogP contribution in [0.3, 0.4) is 0 Å². The van der Waals surface area contributed by atoms with E-state index >= 15 is 0 Å². The number of rotatable bonds is 3. The van der Waals surface area contributed by atoms with Crippen molar-refractivity contribution in [2.45, 2.75) is 18.8 Å². The van der Waals surface area contributed by atoms with Gasteiger partial charge in [0.25, 0.3) is 0 Å². The molecule has 0 saturated carbocycles. The second-order valence-corrected chi connectivity index (χ2v) is 5.12. The molecule has 1 aromatic carbocycles. The molecule has 0 radical (unpaired) electrons. The van der Waals surface area contributed by atoms with Gasteiger partial charge in [0.15, 0.2) is 11.5 Å². The number of fused-ring (bicyclic) bond motifs is 1. The molecule has 0 atom stereocenters. The number of hydrogen-bond acceptors (Lipinski definition) is 5. The van der Waals surface area contributed by atoms with E-state index in [-0.39, 0.29) is 5.92 Å². The molecule has 1 aromatic heterocycles. The van der Waals surface area contributed by atoms with E-state index in [1.165, 1.54) is 7.11 Å². The van der Waals surface area contributed by atoms with E-state index in [0.29, 0.717) is 28.2 Å². The number of nitrogens with one attached hydrogen (secondary N) is 1. The van der Waals surface area contributed by atoms with Crippen LogP contribution < -0.4 is 14.8 Å². The lowest BCUT2D eigenvalue weighted by Gasteiger charge is -2.21. The molecule has 0 unspecified atom stereocenters. The van der Waals surface area contributed by atoms with Crippen LogP contribution in [-0.2, 0) is 0 Å². The highest BCUT2D eigenvalue weighted by Crippen LogP contribution is 2.33. The van der Waals surface area contributed by atoms with Gasteiger partial charge in [-0.05, 0) is 32.0 Å².